The Morgan fingerprint density at radius 2 is 1.84 bits per heavy atom. The SMILES string of the molecule is Cc1cc(C(=O)N2CCC(Cc3ccc(C(N)=O)cc3)CC2)nn1C. The van der Waals surface area contributed by atoms with Gasteiger partial charge in [-0.2, -0.15) is 5.10 Å². The van der Waals surface area contributed by atoms with Gasteiger partial charge in [0.25, 0.3) is 5.91 Å². The van der Waals surface area contributed by atoms with E-state index in [0.717, 1.165) is 38.0 Å². The molecule has 1 aromatic heterocycles. The third-order valence-corrected chi connectivity index (χ3v) is 5.00. The van der Waals surface area contributed by atoms with Gasteiger partial charge in [0.05, 0.1) is 0 Å². The van der Waals surface area contributed by atoms with Crippen molar-refractivity contribution >= 4 is 11.8 Å². The number of likely N-dealkylation sites (tertiary alicyclic amines) is 1. The van der Waals surface area contributed by atoms with Crippen LogP contribution in [-0.4, -0.2) is 39.6 Å². The topological polar surface area (TPSA) is 81.2 Å². The molecule has 3 rings (SSSR count). The summed E-state index contributed by atoms with van der Waals surface area (Å²) in [5, 5.41) is 4.28. The van der Waals surface area contributed by atoms with Crippen LogP contribution < -0.4 is 5.73 Å². The van der Waals surface area contributed by atoms with Gasteiger partial charge in [-0.25, -0.2) is 0 Å². The molecule has 2 amide bonds. The second-order valence-electron chi connectivity index (χ2n) is 6.80. The Bertz CT molecular complexity index is 752. The van der Waals surface area contributed by atoms with Crippen LogP contribution in [0.5, 0.6) is 0 Å². The normalized spacial score (nSPS) is 15.4. The van der Waals surface area contributed by atoms with E-state index < -0.39 is 5.91 Å². The van der Waals surface area contributed by atoms with E-state index in [-0.39, 0.29) is 5.91 Å². The number of carbonyl (C=O) groups excluding carboxylic acids is 2. The fraction of sp³-hybridized carbons (Fsp3) is 0.421. The molecule has 6 nitrogen and oxygen atoms in total. The lowest BCUT2D eigenvalue weighted by molar-refractivity contribution is 0.0683. The molecule has 0 spiro atoms. The van der Waals surface area contributed by atoms with Crippen molar-refractivity contribution in [2.24, 2.45) is 18.7 Å². The molecule has 2 heterocycles. The highest BCUT2D eigenvalue weighted by molar-refractivity contribution is 5.93. The molecule has 0 aliphatic carbocycles. The maximum atomic E-state index is 12.5. The van der Waals surface area contributed by atoms with E-state index in [1.807, 2.05) is 37.1 Å². The summed E-state index contributed by atoms with van der Waals surface area (Å²) in [5.41, 5.74) is 8.52. The van der Waals surface area contributed by atoms with Gasteiger partial charge in [-0.05, 0) is 55.9 Å². The van der Waals surface area contributed by atoms with Crippen LogP contribution in [-0.2, 0) is 13.5 Å². The number of primary amides is 1. The molecular formula is C19H24N4O2. The first-order chi connectivity index (χ1) is 11.9. The van der Waals surface area contributed by atoms with E-state index >= 15 is 0 Å². The zero-order chi connectivity index (χ0) is 18.0. The summed E-state index contributed by atoms with van der Waals surface area (Å²) in [6.45, 7) is 3.47. The largest absolute Gasteiger partial charge is 0.366 e. The number of carbonyl (C=O) groups is 2. The van der Waals surface area contributed by atoms with Gasteiger partial charge in [0.2, 0.25) is 5.91 Å². The van der Waals surface area contributed by atoms with Crippen LogP contribution in [0.1, 0.15) is 44.9 Å². The molecule has 2 aromatic rings. The Morgan fingerprint density at radius 1 is 1.20 bits per heavy atom. The molecule has 1 fully saturated rings. The van der Waals surface area contributed by atoms with Crippen LogP contribution in [0, 0.1) is 12.8 Å². The van der Waals surface area contributed by atoms with Gasteiger partial charge in [0, 0.05) is 31.4 Å². The number of benzene rings is 1. The number of hydrogen-bond acceptors (Lipinski definition) is 3. The highest BCUT2D eigenvalue weighted by Crippen LogP contribution is 2.23. The Hall–Kier alpha value is -2.63. The van der Waals surface area contributed by atoms with E-state index in [0.29, 0.717) is 17.2 Å². The standard InChI is InChI=1S/C19H24N4O2/c1-13-11-17(21-22(13)2)19(25)23-9-7-15(8-10-23)12-14-3-5-16(6-4-14)18(20)24/h3-6,11,15H,7-10,12H2,1-2H3,(H2,20,24). The van der Waals surface area contributed by atoms with Crippen molar-refractivity contribution in [3.63, 3.8) is 0 Å². The minimum atomic E-state index is -0.400. The van der Waals surface area contributed by atoms with Crippen molar-refractivity contribution in [2.75, 3.05) is 13.1 Å². The minimum absolute atomic E-state index is 0.0213. The average molecular weight is 340 g/mol. The second-order valence-corrected chi connectivity index (χ2v) is 6.80. The Balaban J connectivity index is 1.54. The van der Waals surface area contributed by atoms with Crippen LogP contribution >= 0.6 is 0 Å². The summed E-state index contributed by atoms with van der Waals surface area (Å²) in [5.74, 6) is 0.171. The van der Waals surface area contributed by atoms with Gasteiger partial charge in [0.1, 0.15) is 0 Å². The lowest BCUT2D eigenvalue weighted by Crippen LogP contribution is -2.39. The maximum Gasteiger partial charge on any atom is 0.274 e. The summed E-state index contributed by atoms with van der Waals surface area (Å²) in [7, 11) is 1.85. The predicted octanol–water partition coefficient (Wildman–Crippen LogP) is 1.92. The maximum absolute atomic E-state index is 12.5. The number of nitrogens with two attached hydrogens (primary N) is 1. The van der Waals surface area contributed by atoms with Crippen molar-refractivity contribution in [3.05, 3.63) is 52.8 Å². The van der Waals surface area contributed by atoms with Crippen molar-refractivity contribution < 1.29 is 9.59 Å². The fourth-order valence-electron chi connectivity index (χ4n) is 3.31. The van der Waals surface area contributed by atoms with Gasteiger partial charge >= 0.3 is 0 Å². The molecule has 0 radical (unpaired) electrons. The van der Waals surface area contributed by atoms with Crippen molar-refractivity contribution in [1.29, 1.82) is 0 Å². The molecule has 1 aliphatic rings. The number of aromatic nitrogens is 2. The minimum Gasteiger partial charge on any atom is -0.366 e. The third kappa shape index (κ3) is 3.90. The molecule has 0 bridgehead atoms. The van der Waals surface area contributed by atoms with Crippen molar-refractivity contribution in [2.45, 2.75) is 26.2 Å². The molecule has 2 N–H and O–H groups in total. The summed E-state index contributed by atoms with van der Waals surface area (Å²) < 4.78 is 1.73. The highest BCUT2D eigenvalue weighted by atomic mass is 16.2. The van der Waals surface area contributed by atoms with Crippen LogP contribution in [0.2, 0.25) is 0 Å². The third-order valence-electron chi connectivity index (χ3n) is 5.00. The molecule has 0 unspecified atom stereocenters. The van der Waals surface area contributed by atoms with Crippen LogP contribution in [0.15, 0.2) is 30.3 Å². The Labute approximate surface area is 147 Å². The van der Waals surface area contributed by atoms with E-state index in [9.17, 15) is 9.59 Å². The molecule has 132 valence electrons. The quantitative estimate of drug-likeness (QED) is 0.923. The zero-order valence-corrected chi connectivity index (χ0v) is 14.7. The molecule has 25 heavy (non-hydrogen) atoms. The van der Waals surface area contributed by atoms with Crippen molar-refractivity contribution in [3.8, 4) is 0 Å². The van der Waals surface area contributed by atoms with Crippen molar-refractivity contribution in [1.82, 2.24) is 14.7 Å². The van der Waals surface area contributed by atoms with Gasteiger partial charge in [-0.15, -0.1) is 0 Å². The Morgan fingerprint density at radius 3 is 2.36 bits per heavy atom. The molecule has 1 aromatic carbocycles. The zero-order valence-electron chi connectivity index (χ0n) is 14.7. The van der Waals surface area contributed by atoms with E-state index in [4.69, 9.17) is 5.73 Å². The first kappa shape index (κ1) is 17.2. The molecular weight excluding hydrogens is 316 g/mol. The molecule has 1 saturated heterocycles. The van der Waals surface area contributed by atoms with Crippen LogP contribution in [0.3, 0.4) is 0 Å². The smallest absolute Gasteiger partial charge is 0.274 e. The molecule has 1 aliphatic heterocycles. The first-order valence-electron chi connectivity index (χ1n) is 8.62. The van der Waals surface area contributed by atoms with Gasteiger partial charge < -0.3 is 10.6 Å². The van der Waals surface area contributed by atoms with E-state index in [1.54, 1.807) is 16.8 Å². The van der Waals surface area contributed by atoms with Gasteiger partial charge in [0.15, 0.2) is 5.69 Å². The number of hydrogen-bond donors (Lipinski definition) is 1. The Kier molecular flexibility index (Phi) is 4.88. The number of amides is 2. The number of rotatable bonds is 4. The number of aryl methyl sites for hydroxylation is 2. The summed E-state index contributed by atoms with van der Waals surface area (Å²) in [4.78, 5) is 25.6. The second kappa shape index (κ2) is 7.09. The van der Waals surface area contributed by atoms with Gasteiger partial charge in [-0.3, -0.25) is 14.3 Å². The summed E-state index contributed by atoms with van der Waals surface area (Å²) in [6, 6.07) is 9.33. The molecule has 0 atom stereocenters. The predicted molar refractivity (Wildman–Crippen MR) is 95.2 cm³/mol. The lowest BCUT2D eigenvalue weighted by Gasteiger charge is -2.31. The number of nitrogens with zero attached hydrogens (tertiary/aromatic N) is 3. The van der Waals surface area contributed by atoms with E-state index in [1.165, 1.54) is 5.56 Å². The summed E-state index contributed by atoms with van der Waals surface area (Å²) >= 11 is 0. The molecule has 6 heteroatoms. The van der Waals surface area contributed by atoms with Crippen LogP contribution in [0.25, 0.3) is 0 Å². The highest BCUT2D eigenvalue weighted by Gasteiger charge is 2.25. The van der Waals surface area contributed by atoms with E-state index in [2.05, 4.69) is 5.10 Å². The lowest BCUT2D eigenvalue weighted by atomic mass is 9.90. The van der Waals surface area contributed by atoms with Gasteiger partial charge in [-0.1, -0.05) is 12.1 Å². The first-order valence-corrected chi connectivity index (χ1v) is 8.62. The monoisotopic (exact) mass is 340 g/mol. The number of piperidine rings is 1. The summed E-state index contributed by atoms with van der Waals surface area (Å²) in [6.07, 6.45) is 2.92. The average Bonchev–Trinajstić information content (AvgIpc) is 2.94. The molecule has 0 saturated carbocycles. The fourth-order valence-corrected chi connectivity index (χ4v) is 3.31. The van der Waals surface area contributed by atoms with Crippen LogP contribution in [0.4, 0.5) is 0 Å².